The highest BCUT2D eigenvalue weighted by molar-refractivity contribution is 9.10. The van der Waals surface area contributed by atoms with Crippen LogP contribution in [0.5, 0.6) is 0 Å². The van der Waals surface area contributed by atoms with Gasteiger partial charge in [0.15, 0.2) is 0 Å². The van der Waals surface area contributed by atoms with Crippen molar-refractivity contribution < 1.29 is 19.1 Å². The molecule has 2 aromatic rings. The molecule has 0 atom stereocenters. The van der Waals surface area contributed by atoms with E-state index in [0.29, 0.717) is 4.47 Å². The molecular weight excluding hydrogens is 367 g/mol. The Bertz CT molecular complexity index is 739. The molecule has 1 amide bonds. The fraction of sp³-hybridized carbons (Fsp3) is 0. The van der Waals surface area contributed by atoms with E-state index in [2.05, 4.69) is 26.2 Å². The molecule has 0 aliphatic carbocycles. The SMILES string of the molecule is O=C(O)c1ccc(Br)c(NC(=O)c2cc(F)cnc2Cl)c1. The maximum atomic E-state index is 13.1. The summed E-state index contributed by atoms with van der Waals surface area (Å²) in [5.74, 6) is -2.54. The Balaban J connectivity index is 2.33. The summed E-state index contributed by atoms with van der Waals surface area (Å²) in [5.41, 5.74) is 0.0708. The molecule has 108 valence electrons. The van der Waals surface area contributed by atoms with E-state index < -0.39 is 17.7 Å². The van der Waals surface area contributed by atoms with Crippen LogP contribution in [-0.2, 0) is 0 Å². The molecular formula is C13H7BrClFN2O3. The summed E-state index contributed by atoms with van der Waals surface area (Å²) in [5, 5.41) is 11.2. The molecule has 5 nitrogen and oxygen atoms in total. The lowest BCUT2D eigenvalue weighted by molar-refractivity contribution is 0.0696. The summed E-state index contributed by atoms with van der Waals surface area (Å²) in [6.45, 7) is 0. The van der Waals surface area contributed by atoms with Crippen LogP contribution in [0.3, 0.4) is 0 Å². The molecule has 0 radical (unpaired) electrons. The van der Waals surface area contributed by atoms with Gasteiger partial charge in [-0.1, -0.05) is 11.6 Å². The molecule has 2 rings (SSSR count). The average molecular weight is 374 g/mol. The normalized spacial score (nSPS) is 10.2. The van der Waals surface area contributed by atoms with Crippen molar-refractivity contribution in [3.8, 4) is 0 Å². The molecule has 0 bridgehead atoms. The van der Waals surface area contributed by atoms with Gasteiger partial charge >= 0.3 is 5.97 Å². The molecule has 1 aromatic heterocycles. The van der Waals surface area contributed by atoms with Crippen molar-refractivity contribution in [3.63, 3.8) is 0 Å². The number of amides is 1. The number of hydrogen-bond donors (Lipinski definition) is 2. The number of carbonyl (C=O) groups is 2. The summed E-state index contributed by atoms with van der Waals surface area (Å²) in [6, 6.07) is 5.06. The fourth-order valence-corrected chi connectivity index (χ4v) is 2.06. The van der Waals surface area contributed by atoms with Gasteiger partial charge in [0.2, 0.25) is 0 Å². The van der Waals surface area contributed by atoms with Crippen LogP contribution in [0.1, 0.15) is 20.7 Å². The number of nitrogens with zero attached hydrogens (tertiary/aromatic N) is 1. The first-order chi connectivity index (χ1) is 9.88. The molecule has 0 fully saturated rings. The van der Waals surface area contributed by atoms with Gasteiger partial charge in [0.1, 0.15) is 11.0 Å². The molecule has 8 heteroatoms. The van der Waals surface area contributed by atoms with Gasteiger partial charge in [0, 0.05) is 4.47 Å². The average Bonchev–Trinajstić information content (AvgIpc) is 2.43. The topological polar surface area (TPSA) is 79.3 Å². The zero-order valence-electron chi connectivity index (χ0n) is 10.2. The number of carbonyl (C=O) groups excluding carboxylic acids is 1. The number of benzene rings is 1. The highest BCUT2D eigenvalue weighted by Gasteiger charge is 2.15. The second-order valence-corrected chi connectivity index (χ2v) is 5.16. The number of nitrogens with one attached hydrogen (secondary N) is 1. The van der Waals surface area contributed by atoms with Crippen molar-refractivity contribution in [2.75, 3.05) is 5.32 Å². The highest BCUT2D eigenvalue weighted by atomic mass is 79.9. The van der Waals surface area contributed by atoms with Crippen LogP contribution in [-0.4, -0.2) is 22.0 Å². The van der Waals surface area contributed by atoms with Crippen LogP contribution in [0, 0.1) is 5.82 Å². The van der Waals surface area contributed by atoms with Gasteiger partial charge in [-0.25, -0.2) is 14.2 Å². The van der Waals surface area contributed by atoms with Crippen LogP contribution >= 0.6 is 27.5 Å². The molecule has 0 unspecified atom stereocenters. The molecule has 1 aromatic carbocycles. The van der Waals surface area contributed by atoms with Gasteiger partial charge in [-0.05, 0) is 40.2 Å². The quantitative estimate of drug-likeness (QED) is 0.806. The minimum Gasteiger partial charge on any atom is -0.478 e. The van der Waals surface area contributed by atoms with Gasteiger partial charge < -0.3 is 10.4 Å². The summed E-state index contributed by atoms with van der Waals surface area (Å²) >= 11 is 8.92. The molecule has 0 saturated heterocycles. The number of pyridine rings is 1. The number of hydrogen-bond acceptors (Lipinski definition) is 3. The first kappa shape index (κ1) is 15.4. The van der Waals surface area contributed by atoms with E-state index in [0.717, 1.165) is 12.3 Å². The summed E-state index contributed by atoms with van der Waals surface area (Å²) in [7, 11) is 0. The van der Waals surface area contributed by atoms with Gasteiger partial charge in [-0.3, -0.25) is 4.79 Å². The summed E-state index contributed by atoms with van der Waals surface area (Å²) in [6.07, 6.45) is 0.889. The van der Waals surface area contributed by atoms with Gasteiger partial charge in [-0.2, -0.15) is 0 Å². The lowest BCUT2D eigenvalue weighted by Gasteiger charge is -2.09. The minimum atomic E-state index is -1.14. The Hall–Kier alpha value is -1.99. The number of rotatable bonds is 3. The zero-order chi connectivity index (χ0) is 15.6. The van der Waals surface area contributed by atoms with E-state index in [-0.39, 0.29) is 22.0 Å². The third-order valence-corrected chi connectivity index (χ3v) is 3.50. The molecule has 21 heavy (non-hydrogen) atoms. The van der Waals surface area contributed by atoms with Crippen LogP contribution in [0.4, 0.5) is 10.1 Å². The van der Waals surface area contributed by atoms with Crippen LogP contribution in [0.15, 0.2) is 34.9 Å². The standard InChI is InChI=1S/C13H7BrClFN2O3/c14-9-2-1-6(13(20)21)3-10(9)18-12(19)8-4-7(16)5-17-11(8)15/h1-5H,(H,18,19)(H,20,21). The van der Waals surface area contributed by atoms with Crippen molar-refractivity contribution in [1.82, 2.24) is 4.98 Å². The fourth-order valence-electron chi connectivity index (χ4n) is 1.53. The van der Waals surface area contributed by atoms with Gasteiger partial charge in [-0.15, -0.1) is 0 Å². The Morgan fingerprint density at radius 1 is 1.33 bits per heavy atom. The predicted octanol–water partition coefficient (Wildman–Crippen LogP) is 3.59. The van der Waals surface area contributed by atoms with E-state index in [1.807, 2.05) is 0 Å². The summed E-state index contributed by atoms with van der Waals surface area (Å²) < 4.78 is 13.6. The molecule has 1 heterocycles. The number of carboxylic acids is 1. The van der Waals surface area contributed by atoms with Crippen molar-refractivity contribution in [2.45, 2.75) is 0 Å². The Kier molecular flexibility index (Phi) is 4.54. The van der Waals surface area contributed by atoms with E-state index >= 15 is 0 Å². The number of halogens is 3. The number of anilines is 1. The van der Waals surface area contributed by atoms with Gasteiger partial charge in [0.25, 0.3) is 5.91 Å². The maximum absolute atomic E-state index is 13.1. The molecule has 0 spiro atoms. The Morgan fingerprint density at radius 3 is 2.71 bits per heavy atom. The van der Waals surface area contributed by atoms with Crippen molar-refractivity contribution in [2.24, 2.45) is 0 Å². The van der Waals surface area contributed by atoms with Crippen LogP contribution in [0.2, 0.25) is 5.15 Å². The highest BCUT2D eigenvalue weighted by Crippen LogP contribution is 2.25. The van der Waals surface area contributed by atoms with Crippen molar-refractivity contribution >= 4 is 45.1 Å². The third-order valence-electron chi connectivity index (χ3n) is 2.51. The first-order valence-corrected chi connectivity index (χ1v) is 6.71. The summed E-state index contributed by atoms with van der Waals surface area (Å²) in [4.78, 5) is 26.5. The predicted molar refractivity (Wildman–Crippen MR) is 78.3 cm³/mol. The molecule has 0 aliphatic heterocycles. The molecule has 0 aliphatic rings. The van der Waals surface area contributed by atoms with Crippen LogP contribution in [0.25, 0.3) is 0 Å². The second-order valence-electron chi connectivity index (χ2n) is 3.95. The smallest absolute Gasteiger partial charge is 0.335 e. The van der Waals surface area contributed by atoms with Crippen molar-refractivity contribution in [1.29, 1.82) is 0 Å². The van der Waals surface area contributed by atoms with E-state index in [9.17, 15) is 14.0 Å². The minimum absolute atomic E-state index is 0.00281. The Labute approximate surface area is 131 Å². The lowest BCUT2D eigenvalue weighted by Crippen LogP contribution is -2.14. The zero-order valence-corrected chi connectivity index (χ0v) is 12.6. The maximum Gasteiger partial charge on any atom is 0.335 e. The first-order valence-electron chi connectivity index (χ1n) is 5.53. The molecule has 2 N–H and O–H groups in total. The second kappa shape index (κ2) is 6.19. The number of carboxylic acid groups (broad SMARTS) is 1. The monoisotopic (exact) mass is 372 g/mol. The van der Waals surface area contributed by atoms with Crippen molar-refractivity contribution in [3.05, 3.63) is 57.0 Å². The third kappa shape index (κ3) is 3.56. The number of aromatic carboxylic acids is 1. The van der Waals surface area contributed by atoms with E-state index in [4.69, 9.17) is 16.7 Å². The largest absolute Gasteiger partial charge is 0.478 e. The Morgan fingerprint density at radius 2 is 2.05 bits per heavy atom. The molecule has 0 saturated carbocycles. The number of aromatic nitrogens is 1. The lowest BCUT2D eigenvalue weighted by atomic mass is 10.2. The van der Waals surface area contributed by atoms with Crippen LogP contribution < -0.4 is 5.32 Å². The van der Waals surface area contributed by atoms with E-state index in [1.165, 1.54) is 18.2 Å². The van der Waals surface area contributed by atoms with Gasteiger partial charge in [0.05, 0.1) is 23.0 Å². The van der Waals surface area contributed by atoms with E-state index in [1.54, 1.807) is 0 Å².